The van der Waals surface area contributed by atoms with Crippen molar-refractivity contribution in [3.05, 3.63) is 36.4 Å². The number of alkyl halides is 1. The minimum Gasteiger partial charge on any atom is -1.00 e. The minimum atomic E-state index is 0. The van der Waals surface area contributed by atoms with E-state index >= 15 is 0 Å². The van der Waals surface area contributed by atoms with Crippen LogP contribution in [0.2, 0.25) is 0 Å². The Balaban J connectivity index is 0.000000963. The molecule has 0 N–H and O–H groups in total. The van der Waals surface area contributed by atoms with Crippen molar-refractivity contribution in [3.8, 4) is 0 Å². The third-order valence-electron chi connectivity index (χ3n) is 2.74. The number of benzene rings is 1. The summed E-state index contributed by atoms with van der Waals surface area (Å²) in [7, 11) is 0. The number of pyridine rings is 1. The first-order valence-electron chi connectivity index (χ1n) is 5.03. The molecule has 0 saturated carbocycles. The van der Waals surface area contributed by atoms with Crippen LogP contribution in [-0.2, 0) is 6.54 Å². The van der Waals surface area contributed by atoms with Crippen molar-refractivity contribution in [1.82, 2.24) is 0 Å². The Morgan fingerprint density at radius 2 is 2.06 bits per heavy atom. The number of hydrogen-bond donors (Lipinski definition) is 0. The lowest BCUT2D eigenvalue weighted by atomic mass is 10.2. The first-order valence-corrected chi connectivity index (χ1v) is 7.03. The molecule has 0 spiro atoms. The number of nitrogens with zero attached hydrogens (tertiary/aromatic N) is 1. The van der Waals surface area contributed by atoms with Crippen LogP contribution in [0.5, 0.6) is 0 Å². The van der Waals surface area contributed by atoms with Gasteiger partial charge in [0, 0.05) is 22.8 Å². The summed E-state index contributed by atoms with van der Waals surface area (Å²) >= 11 is 5.53. The Hall–Kier alpha value is -0.0600. The van der Waals surface area contributed by atoms with Gasteiger partial charge in [0.2, 0.25) is 10.5 Å². The third-order valence-corrected chi connectivity index (χ3v) is 5.20. The van der Waals surface area contributed by atoms with Gasteiger partial charge < -0.3 is 17.0 Å². The number of halogens is 2. The van der Waals surface area contributed by atoms with Crippen molar-refractivity contribution < 1.29 is 21.5 Å². The van der Waals surface area contributed by atoms with Gasteiger partial charge in [0.15, 0.2) is 6.54 Å². The lowest BCUT2D eigenvalue weighted by molar-refractivity contribution is -0.700. The zero-order chi connectivity index (χ0) is 10.3. The smallest absolute Gasteiger partial charge is 0.241 e. The molecular weight excluding hydrogens is 350 g/mol. The van der Waals surface area contributed by atoms with Crippen LogP contribution < -0.4 is 21.5 Å². The van der Waals surface area contributed by atoms with Crippen molar-refractivity contribution >= 4 is 38.6 Å². The zero-order valence-electron chi connectivity index (χ0n) is 8.57. The van der Waals surface area contributed by atoms with Crippen molar-refractivity contribution in [2.24, 2.45) is 0 Å². The second kappa shape index (κ2) is 5.07. The van der Waals surface area contributed by atoms with E-state index in [-0.39, 0.29) is 17.0 Å². The molecule has 0 saturated heterocycles. The average molecular weight is 361 g/mol. The second-order valence-electron chi connectivity index (χ2n) is 3.74. The van der Waals surface area contributed by atoms with Crippen LogP contribution in [0.3, 0.4) is 0 Å². The molecule has 4 heteroatoms. The van der Waals surface area contributed by atoms with E-state index in [4.69, 9.17) is 0 Å². The lowest BCUT2D eigenvalue weighted by Gasteiger charge is -1.97. The molecule has 16 heavy (non-hydrogen) atoms. The summed E-state index contributed by atoms with van der Waals surface area (Å²) in [4.78, 5) is 0. The van der Waals surface area contributed by atoms with Crippen LogP contribution in [0.1, 0.15) is 0 Å². The fraction of sp³-hybridized carbons (Fsp3) is 0.250. The molecule has 1 aromatic heterocycles. The summed E-state index contributed by atoms with van der Waals surface area (Å²) in [5.41, 5.74) is 1.35. The fourth-order valence-corrected chi connectivity index (χ4v) is 3.70. The maximum Gasteiger partial charge on any atom is 0.241 e. The number of thioether (sulfide) groups is 1. The summed E-state index contributed by atoms with van der Waals surface area (Å²) in [6, 6.07) is 13.0. The Bertz CT molecular complexity index is 515. The number of fused-ring (bicyclic) bond motifs is 3. The van der Waals surface area contributed by atoms with Gasteiger partial charge in [-0.25, -0.2) is 0 Å². The van der Waals surface area contributed by atoms with Crippen LogP contribution in [0.4, 0.5) is 0 Å². The fourth-order valence-electron chi connectivity index (χ4n) is 2.03. The molecule has 3 rings (SSSR count). The third kappa shape index (κ3) is 2.03. The van der Waals surface area contributed by atoms with E-state index in [1.165, 1.54) is 15.9 Å². The standard InChI is InChI=1S/C12H11BrNS.BrH/c13-7-10-8-14-11-4-2-1-3-9(11)5-6-12(14)15-10;/h1-6,10H,7-8H2;1H/q+1;/p-1. The van der Waals surface area contributed by atoms with Gasteiger partial charge in [-0.1, -0.05) is 28.1 Å². The SMILES string of the molecule is BrCC1C[n+]2c(ccc3ccccc32)S1.[Br-]. The Morgan fingerprint density at radius 1 is 1.25 bits per heavy atom. The van der Waals surface area contributed by atoms with E-state index in [1.54, 1.807) is 0 Å². The predicted molar refractivity (Wildman–Crippen MR) is 67.6 cm³/mol. The molecule has 0 amide bonds. The highest BCUT2D eigenvalue weighted by molar-refractivity contribution is 9.09. The maximum absolute atomic E-state index is 3.57. The summed E-state index contributed by atoms with van der Waals surface area (Å²) in [5.74, 6) is 0. The highest BCUT2D eigenvalue weighted by Crippen LogP contribution is 2.29. The molecule has 84 valence electrons. The average Bonchev–Trinajstić information content (AvgIpc) is 2.72. The molecule has 1 atom stereocenters. The molecule has 0 fully saturated rings. The number of aromatic nitrogens is 1. The molecule has 0 radical (unpaired) electrons. The van der Waals surface area contributed by atoms with Crippen molar-refractivity contribution in [1.29, 1.82) is 0 Å². The van der Waals surface area contributed by atoms with E-state index in [0.717, 1.165) is 11.9 Å². The quantitative estimate of drug-likeness (QED) is 0.511. The van der Waals surface area contributed by atoms with E-state index in [2.05, 4.69) is 56.9 Å². The van der Waals surface area contributed by atoms with Gasteiger partial charge in [0.1, 0.15) is 0 Å². The van der Waals surface area contributed by atoms with Crippen molar-refractivity contribution in [2.75, 3.05) is 5.33 Å². The first kappa shape index (κ1) is 12.4. The molecule has 2 aromatic rings. The van der Waals surface area contributed by atoms with Gasteiger partial charge in [-0.05, 0) is 23.9 Å². The van der Waals surface area contributed by atoms with Crippen LogP contribution in [0.25, 0.3) is 10.9 Å². The number of para-hydroxylation sites is 1. The molecule has 1 unspecified atom stereocenters. The largest absolute Gasteiger partial charge is 1.00 e. The van der Waals surface area contributed by atoms with E-state index < -0.39 is 0 Å². The molecule has 1 aliphatic heterocycles. The van der Waals surface area contributed by atoms with E-state index in [1.807, 2.05) is 11.8 Å². The van der Waals surface area contributed by atoms with Gasteiger partial charge in [-0.15, -0.1) is 0 Å². The van der Waals surface area contributed by atoms with Gasteiger partial charge in [-0.3, -0.25) is 0 Å². The molecular formula is C12H11Br2NS. The number of rotatable bonds is 1. The summed E-state index contributed by atoms with van der Waals surface area (Å²) in [5, 5.41) is 4.46. The van der Waals surface area contributed by atoms with E-state index in [9.17, 15) is 0 Å². The Kier molecular flexibility index (Phi) is 3.93. The van der Waals surface area contributed by atoms with Gasteiger partial charge in [-0.2, -0.15) is 4.57 Å². The van der Waals surface area contributed by atoms with Gasteiger partial charge in [0.05, 0.1) is 5.25 Å². The molecule has 1 aromatic carbocycles. The normalized spacial score (nSPS) is 18.2. The molecule has 1 aliphatic rings. The maximum atomic E-state index is 3.57. The van der Waals surface area contributed by atoms with Crippen LogP contribution in [-0.4, -0.2) is 10.6 Å². The highest BCUT2D eigenvalue weighted by atomic mass is 79.9. The Morgan fingerprint density at radius 3 is 2.88 bits per heavy atom. The van der Waals surface area contributed by atoms with Gasteiger partial charge in [0.25, 0.3) is 0 Å². The molecule has 2 heterocycles. The summed E-state index contributed by atoms with van der Waals surface area (Å²) in [6.07, 6.45) is 0. The van der Waals surface area contributed by atoms with Crippen molar-refractivity contribution in [2.45, 2.75) is 16.8 Å². The van der Waals surface area contributed by atoms with Crippen LogP contribution in [0, 0.1) is 0 Å². The lowest BCUT2D eigenvalue weighted by Crippen LogP contribution is -3.00. The van der Waals surface area contributed by atoms with Crippen LogP contribution >= 0.6 is 27.7 Å². The summed E-state index contributed by atoms with van der Waals surface area (Å²) < 4.78 is 2.42. The molecule has 0 bridgehead atoms. The topological polar surface area (TPSA) is 3.88 Å². The number of hydrogen-bond acceptors (Lipinski definition) is 1. The highest BCUT2D eigenvalue weighted by Gasteiger charge is 2.30. The molecule has 0 aliphatic carbocycles. The Labute approximate surface area is 118 Å². The van der Waals surface area contributed by atoms with Crippen LogP contribution in [0.15, 0.2) is 41.4 Å². The van der Waals surface area contributed by atoms with E-state index in [0.29, 0.717) is 5.25 Å². The molecule has 1 nitrogen and oxygen atoms in total. The monoisotopic (exact) mass is 359 g/mol. The second-order valence-corrected chi connectivity index (χ2v) is 5.70. The first-order chi connectivity index (χ1) is 7.38. The van der Waals surface area contributed by atoms with Crippen molar-refractivity contribution in [3.63, 3.8) is 0 Å². The summed E-state index contributed by atoms with van der Waals surface area (Å²) in [6.45, 7) is 1.12. The zero-order valence-corrected chi connectivity index (χ0v) is 12.6. The predicted octanol–water partition coefficient (Wildman–Crippen LogP) is 0.000500. The minimum absolute atomic E-state index is 0. The van der Waals surface area contributed by atoms with Gasteiger partial charge >= 0.3 is 0 Å².